The van der Waals surface area contributed by atoms with Crippen molar-refractivity contribution >= 4 is 41.7 Å². The largest absolute Gasteiger partial charge is 0.507 e. The van der Waals surface area contributed by atoms with E-state index in [1.165, 1.54) is 13.2 Å². The fourth-order valence-corrected chi connectivity index (χ4v) is 7.27. The van der Waals surface area contributed by atoms with Gasteiger partial charge in [0.2, 0.25) is 5.78 Å². The fourth-order valence-electron chi connectivity index (χ4n) is 7.27. The van der Waals surface area contributed by atoms with Gasteiger partial charge in [-0.25, -0.2) is 0 Å². The number of aliphatic hydroxyl groups excluding tert-OH is 1. The molecule has 1 heterocycles. The third kappa shape index (κ3) is 6.76. The quantitative estimate of drug-likeness (QED) is 0.119. The maximum atomic E-state index is 14.0. The van der Waals surface area contributed by atoms with Gasteiger partial charge in [-0.15, -0.1) is 12.4 Å². The van der Waals surface area contributed by atoms with Crippen molar-refractivity contribution < 1.29 is 44.2 Å². The maximum Gasteiger partial charge on any atom is 0.202 e. The summed E-state index contributed by atoms with van der Waals surface area (Å²) in [7, 11) is 5.00. The molecule has 0 radical (unpaired) electrons. The zero-order chi connectivity index (χ0) is 35.2. The third-order valence-corrected chi connectivity index (χ3v) is 10.0. The molecule has 0 spiro atoms. The lowest BCUT2D eigenvalue weighted by Crippen LogP contribution is -2.49. The van der Waals surface area contributed by atoms with Crippen molar-refractivity contribution in [3.8, 4) is 17.2 Å². The molecule has 1 saturated heterocycles. The average Bonchev–Trinajstić information content (AvgIpc) is 3.08. The zero-order valence-corrected chi connectivity index (χ0v) is 29.7. The number of aromatic hydroxyl groups is 2. The van der Waals surface area contributed by atoms with Gasteiger partial charge >= 0.3 is 0 Å². The number of rotatable bonds is 7. The topological polar surface area (TPSA) is 183 Å². The standard InChI is InChI=1S/C36H44N4O9.ClH/c1-18-31(41)23(37-17-40(3)4)14-26(48-18)49-25-16-36(46,19(2)38-39-20-10-7-6-8-11-20)15-22-28(25)35(45)30-29(33(22)43)32(42)21-12-9-13-24(47-5)27(21)34(30)44;/h9,12-13,17-18,23,25-26,31,41,43,45-46H,6-8,10-11,14-16H2,1-5H3;1H/b37-17?,38-19+;. The molecule has 4 aliphatic rings. The molecule has 270 valence electrons. The van der Waals surface area contributed by atoms with Crippen LogP contribution in [0.1, 0.15) is 108 Å². The van der Waals surface area contributed by atoms with Crippen LogP contribution in [0.2, 0.25) is 0 Å². The highest BCUT2D eigenvalue weighted by Gasteiger charge is 2.49. The minimum Gasteiger partial charge on any atom is -0.507 e. The summed E-state index contributed by atoms with van der Waals surface area (Å²) in [6, 6.07) is 3.99. The lowest BCUT2D eigenvalue weighted by Gasteiger charge is -2.42. The van der Waals surface area contributed by atoms with Crippen molar-refractivity contribution in [1.29, 1.82) is 0 Å². The molecule has 0 aromatic heterocycles. The van der Waals surface area contributed by atoms with Crippen molar-refractivity contribution in [2.75, 3.05) is 21.2 Å². The van der Waals surface area contributed by atoms with Crippen molar-refractivity contribution in [2.45, 2.75) is 101 Å². The van der Waals surface area contributed by atoms with Crippen LogP contribution in [0.5, 0.6) is 17.2 Å². The second-order valence-corrected chi connectivity index (χ2v) is 13.6. The van der Waals surface area contributed by atoms with Gasteiger partial charge in [-0.05, 0) is 45.6 Å². The number of hydrogen-bond acceptors (Lipinski definition) is 12. The molecule has 13 nitrogen and oxygen atoms in total. The van der Waals surface area contributed by atoms with Gasteiger partial charge in [0, 0.05) is 55.8 Å². The number of benzene rings is 2. The molecule has 6 unspecified atom stereocenters. The number of methoxy groups -OCH3 is 1. The Morgan fingerprint density at radius 3 is 2.44 bits per heavy atom. The lowest BCUT2D eigenvalue weighted by atomic mass is 9.72. The number of fused-ring (bicyclic) bond motifs is 3. The summed E-state index contributed by atoms with van der Waals surface area (Å²) < 4.78 is 17.9. The van der Waals surface area contributed by atoms with Crippen molar-refractivity contribution in [3.05, 3.63) is 51.6 Å². The Hall–Kier alpha value is -3.88. The van der Waals surface area contributed by atoms with Gasteiger partial charge in [-0.2, -0.15) is 10.2 Å². The number of nitrogens with zero attached hydrogens (tertiary/aromatic N) is 4. The summed E-state index contributed by atoms with van der Waals surface area (Å²) in [5, 5.41) is 55.6. The number of hydrogen-bond donors (Lipinski definition) is 4. The number of phenols is 2. The van der Waals surface area contributed by atoms with E-state index in [2.05, 4.69) is 15.2 Å². The zero-order valence-electron chi connectivity index (χ0n) is 28.9. The van der Waals surface area contributed by atoms with Gasteiger partial charge in [0.1, 0.15) is 29.0 Å². The van der Waals surface area contributed by atoms with E-state index in [4.69, 9.17) is 14.2 Å². The van der Waals surface area contributed by atoms with E-state index in [0.29, 0.717) is 0 Å². The molecule has 6 atom stereocenters. The number of ether oxygens (including phenoxy) is 3. The Morgan fingerprint density at radius 1 is 1.06 bits per heavy atom. The van der Waals surface area contributed by atoms with Gasteiger partial charge in [0.25, 0.3) is 0 Å². The molecule has 0 amide bonds. The van der Waals surface area contributed by atoms with Crippen LogP contribution in [-0.4, -0.2) is 106 Å². The van der Waals surface area contributed by atoms with Crippen molar-refractivity contribution in [3.63, 3.8) is 0 Å². The molecule has 1 saturated carbocycles. The van der Waals surface area contributed by atoms with Crippen LogP contribution in [-0.2, 0) is 15.9 Å². The normalized spacial score (nSPS) is 28.0. The number of ketones is 2. The second kappa shape index (κ2) is 14.8. The average molecular weight is 713 g/mol. The summed E-state index contributed by atoms with van der Waals surface area (Å²) >= 11 is 0. The summed E-state index contributed by atoms with van der Waals surface area (Å²) in [6.07, 6.45) is 2.49. The van der Waals surface area contributed by atoms with Crippen LogP contribution in [0.3, 0.4) is 0 Å². The third-order valence-electron chi connectivity index (χ3n) is 10.0. The van der Waals surface area contributed by atoms with Crippen LogP contribution < -0.4 is 4.74 Å². The van der Waals surface area contributed by atoms with Crippen LogP contribution in [0, 0.1) is 0 Å². The first-order chi connectivity index (χ1) is 23.3. The first-order valence-corrected chi connectivity index (χ1v) is 16.7. The van der Waals surface area contributed by atoms with Crippen LogP contribution in [0.15, 0.2) is 33.4 Å². The van der Waals surface area contributed by atoms with E-state index in [1.54, 1.807) is 37.2 Å². The number of carbonyl (C=O) groups excluding carboxylic acids is 2. The van der Waals surface area contributed by atoms with Gasteiger partial charge in [-0.1, -0.05) is 18.6 Å². The van der Waals surface area contributed by atoms with E-state index in [-0.39, 0.29) is 76.5 Å². The van der Waals surface area contributed by atoms with E-state index in [9.17, 15) is 30.0 Å². The molecule has 4 N–H and O–H groups in total. The number of halogens is 1. The summed E-state index contributed by atoms with van der Waals surface area (Å²) in [6.45, 7) is 3.34. The molecule has 2 aromatic rings. The van der Waals surface area contributed by atoms with Crippen molar-refractivity contribution in [1.82, 2.24) is 4.90 Å². The molecule has 50 heavy (non-hydrogen) atoms. The summed E-state index contributed by atoms with van der Waals surface area (Å²) in [4.78, 5) is 34.1. The molecule has 1 aliphatic heterocycles. The highest BCUT2D eigenvalue weighted by atomic mass is 35.5. The Morgan fingerprint density at radius 2 is 1.76 bits per heavy atom. The van der Waals surface area contributed by atoms with Gasteiger partial charge in [0.15, 0.2) is 12.1 Å². The van der Waals surface area contributed by atoms with Crippen LogP contribution in [0.25, 0.3) is 0 Å². The number of aliphatic imine (C=N–C) groups is 1. The number of carbonyl (C=O) groups is 2. The minimum absolute atomic E-state index is 0. The van der Waals surface area contributed by atoms with Crippen LogP contribution in [0.4, 0.5) is 0 Å². The molecule has 2 aromatic carbocycles. The Kier molecular flexibility index (Phi) is 11.0. The highest BCUT2D eigenvalue weighted by Crippen LogP contribution is 2.52. The van der Waals surface area contributed by atoms with Gasteiger partial charge in [0.05, 0.1) is 54.1 Å². The Labute approximate surface area is 297 Å². The van der Waals surface area contributed by atoms with Gasteiger partial charge in [-0.3, -0.25) is 14.6 Å². The van der Waals surface area contributed by atoms with Crippen molar-refractivity contribution in [2.24, 2.45) is 15.2 Å². The molecule has 2 fully saturated rings. The molecule has 0 bridgehead atoms. The second-order valence-electron chi connectivity index (χ2n) is 13.6. The molecule has 6 rings (SSSR count). The molecule has 14 heteroatoms. The number of phenolic OH excluding ortho intramolecular Hbond substituents is 2. The number of aliphatic hydroxyl groups is 2. The van der Waals surface area contributed by atoms with Gasteiger partial charge < -0.3 is 39.5 Å². The minimum atomic E-state index is -1.72. The molecular formula is C36H45ClN4O9. The Bertz CT molecular complexity index is 1750. The van der Waals surface area contributed by atoms with Crippen LogP contribution >= 0.6 is 12.4 Å². The Balaban J connectivity index is 0.00000486. The fraction of sp³-hybridized carbons (Fsp3) is 0.528. The monoisotopic (exact) mass is 712 g/mol. The molecule has 3 aliphatic carbocycles. The van der Waals surface area contributed by atoms with E-state index in [1.807, 2.05) is 14.1 Å². The lowest BCUT2D eigenvalue weighted by molar-refractivity contribution is -0.245. The smallest absolute Gasteiger partial charge is 0.202 e. The van der Waals surface area contributed by atoms with E-state index < -0.39 is 59.3 Å². The summed E-state index contributed by atoms with van der Waals surface area (Å²) in [5.41, 5.74) is -1.13. The maximum absolute atomic E-state index is 14.0. The predicted octanol–water partition coefficient (Wildman–Crippen LogP) is 4.27. The first-order valence-electron chi connectivity index (χ1n) is 16.7. The predicted molar refractivity (Wildman–Crippen MR) is 189 cm³/mol. The van der Waals surface area contributed by atoms with E-state index in [0.717, 1.165) is 37.8 Å². The highest BCUT2D eigenvalue weighted by molar-refractivity contribution is 6.31. The first kappa shape index (κ1) is 37.4. The SMILES string of the molecule is COc1cccc2c1C(=O)c1c(O)c3c(c(O)c1C2=O)CC(O)(/C(C)=N/N=C1CCCCC1)CC3OC1CC(N=CN(C)C)C(O)C(C)O1.Cl. The molecular weight excluding hydrogens is 668 g/mol. The summed E-state index contributed by atoms with van der Waals surface area (Å²) in [5.74, 6) is -2.27. The van der Waals surface area contributed by atoms with E-state index >= 15 is 0 Å².